The lowest BCUT2D eigenvalue weighted by molar-refractivity contribution is 0.241. The number of hydrogen-bond acceptors (Lipinski definition) is 2. The fourth-order valence-corrected chi connectivity index (χ4v) is 0.595. The molecule has 1 rings (SSSR count). The van der Waals surface area contributed by atoms with Crippen molar-refractivity contribution >= 4 is 11.7 Å². The molecule has 0 fully saturated rings. The Kier molecular flexibility index (Phi) is 1.67. The highest BCUT2D eigenvalue weighted by Crippen LogP contribution is 1.86. The number of amides is 2. The van der Waals surface area contributed by atoms with E-state index in [4.69, 9.17) is 0 Å². The summed E-state index contributed by atoms with van der Waals surface area (Å²) in [5, 5.41) is 6.39. The molecule has 4 nitrogen and oxygen atoms in total. The van der Waals surface area contributed by atoms with Crippen LogP contribution in [0.5, 0.6) is 0 Å². The summed E-state index contributed by atoms with van der Waals surface area (Å²) in [5.41, 5.74) is 3.30. The van der Waals surface area contributed by atoms with Crippen molar-refractivity contribution in [3.63, 3.8) is 0 Å². The first kappa shape index (κ1) is 6.07. The Hall–Kier alpha value is -1.06. The van der Waals surface area contributed by atoms with Crippen LogP contribution in [0.3, 0.4) is 0 Å². The quantitative estimate of drug-likeness (QED) is 0.514. The van der Waals surface area contributed by atoms with Crippen LogP contribution in [0.15, 0.2) is 5.10 Å². The van der Waals surface area contributed by atoms with Crippen molar-refractivity contribution in [2.45, 2.75) is 13.3 Å². The first-order valence-corrected chi connectivity index (χ1v) is 2.92. The van der Waals surface area contributed by atoms with E-state index in [0.717, 1.165) is 12.1 Å². The number of carbonyl (C=O) groups excluding carboxylic acids is 1. The van der Waals surface area contributed by atoms with Crippen molar-refractivity contribution in [3.05, 3.63) is 0 Å². The highest BCUT2D eigenvalue weighted by molar-refractivity contribution is 5.92. The number of hydrazone groups is 1. The largest absolute Gasteiger partial charge is 0.335 e. The molecule has 0 aromatic heterocycles. The van der Waals surface area contributed by atoms with Gasteiger partial charge in [0.15, 0.2) is 0 Å². The van der Waals surface area contributed by atoms with Gasteiger partial charge in [-0.25, -0.2) is 10.2 Å². The number of nitrogens with one attached hydrogen (secondary N) is 2. The molecule has 2 N–H and O–H groups in total. The van der Waals surface area contributed by atoms with Crippen LogP contribution >= 0.6 is 0 Å². The Bertz CT molecular complexity index is 152. The van der Waals surface area contributed by atoms with Crippen LogP contribution in [-0.2, 0) is 0 Å². The molecule has 1 aliphatic heterocycles. The van der Waals surface area contributed by atoms with Crippen LogP contribution in [0.25, 0.3) is 0 Å². The fraction of sp³-hybridized carbons (Fsp3) is 0.600. The molecule has 2 amide bonds. The molecule has 4 heteroatoms. The number of nitrogens with zero attached hydrogens (tertiary/aromatic N) is 1. The van der Waals surface area contributed by atoms with Gasteiger partial charge in [0.1, 0.15) is 0 Å². The van der Waals surface area contributed by atoms with Crippen LogP contribution in [0.2, 0.25) is 0 Å². The minimum absolute atomic E-state index is 0.216. The monoisotopic (exact) mass is 127 g/mol. The van der Waals surface area contributed by atoms with E-state index in [1.54, 1.807) is 0 Å². The topological polar surface area (TPSA) is 53.5 Å². The summed E-state index contributed by atoms with van der Waals surface area (Å²) in [7, 11) is 0. The van der Waals surface area contributed by atoms with Crippen LogP contribution in [-0.4, -0.2) is 18.3 Å². The lowest BCUT2D eigenvalue weighted by Crippen LogP contribution is -2.41. The summed E-state index contributed by atoms with van der Waals surface area (Å²) in [4.78, 5) is 10.4. The number of carbonyl (C=O) groups is 1. The molecule has 0 saturated carbocycles. The Morgan fingerprint density at radius 3 is 3.00 bits per heavy atom. The second-order valence-electron chi connectivity index (χ2n) is 1.83. The van der Waals surface area contributed by atoms with Crippen molar-refractivity contribution < 1.29 is 4.79 Å². The Balaban J connectivity index is 2.50. The standard InChI is InChI=1S/C5H9N3O/c1-2-4-3-6-5(9)8-7-4/h2-3H2,1H3,(H2,6,8,9). The minimum atomic E-state index is -0.216. The van der Waals surface area contributed by atoms with Gasteiger partial charge in [-0.3, -0.25) is 0 Å². The maximum Gasteiger partial charge on any atom is 0.335 e. The van der Waals surface area contributed by atoms with Crippen molar-refractivity contribution in [3.8, 4) is 0 Å². The highest BCUT2D eigenvalue weighted by atomic mass is 16.2. The Morgan fingerprint density at radius 2 is 2.56 bits per heavy atom. The summed E-state index contributed by atoms with van der Waals surface area (Å²) < 4.78 is 0. The van der Waals surface area contributed by atoms with E-state index in [9.17, 15) is 4.79 Å². The van der Waals surface area contributed by atoms with Crippen molar-refractivity contribution in [2.75, 3.05) is 6.54 Å². The van der Waals surface area contributed by atoms with Gasteiger partial charge < -0.3 is 5.32 Å². The number of hydrogen-bond donors (Lipinski definition) is 2. The summed E-state index contributed by atoms with van der Waals surface area (Å²) in [5.74, 6) is 0. The molecule has 0 atom stereocenters. The molecule has 0 bridgehead atoms. The van der Waals surface area contributed by atoms with Gasteiger partial charge >= 0.3 is 6.03 Å². The van der Waals surface area contributed by atoms with Gasteiger partial charge in [0, 0.05) is 0 Å². The van der Waals surface area contributed by atoms with E-state index in [1.165, 1.54) is 0 Å². The lowest BCUT2D eigenvalue weighted by Gasteiger charge is -2.11. The third kappa shape index (κ3) is 1.42. The van der Waals surface area contributed by atoms with E-state index in [2.05, 4.69) is 15.8 Å². The second-order valence-corrected chi connectivity index (χ2v) is 1.83. The minimum Gasteiger partial charge on any atom is -0.331 e. The van der Waals surface area contributed by atoms with Gasteiger partial charge in [-0.1, -0.05) is 6.92 Å². The van der Waals surface area contributed by atoms with Crippen LogP contribution in [0, 0.1) is 0 Å². The zero-order valence-electron chi connectivity index (χ0n) is 5.27. The van der Waals surface area contributed by atoms with Crippen LogP contribution < -0.4 is 10.7 Å². The zero-order chi connectivity index (χ0) is 6.69. The summed E-state index contributed by atoms with van der Waals surface area (Å²) in [6, 6.07) is -0.216. The van der Waals surface area contributed by atoms with E-state index in [1.807, 2.05) is 6.92 Å². The second kappa shape index (κ2) is 2.48. The fourth-order valence-electron chi connectivity index (χ4n) is 0.595. The maximum atomic E-state index is 10.4. The Morgan fingerprint density at radius 1 is 1.78 bits per heavy atom. The molecule has 9 heavy (non-hydrogen) atoms. The van der Waals surface area contributed by atoms with Crippen molar-refractivity contribution in [1.82, 2.24) is 10.7 Å². The number of rotatable bonds is 1. The SMILES string of the molecule is CCC1=NNC(=O)NC1. The number of urea groups is 1. The summed E-state index contributed by atoms with van der Waals surface area (Å²) in [6.45, 7) is 2.58. The molecular weight excluding hydrogens is 118 g/mol. The Labute approximate surface area is 53.3 Å². The predicted octanol–water partition coefficient (Wildman–Crippen LogP) is 0.0652. The van der Waals surface area contributed by atoms with Crippen molar-refractivity contribution in [2.24, 2.45) is 5.10 Å². The van der Waals surface area contributed by atoms with Gasteiger partial charge in [-0.05, 0) is 6.42 Å². The molecule has 1 aliphatic rings. The third-order valence-corrected chi connectivity index (χ3v) is 1.18. The molecule has 1 heterocycles. The predicted molar refractivity (Wildman–Crippen MR) is 34.3 cm³/mol. The van der Waals surface area contributed by atoms with Gasteiger partial charge in [-0.2, -0.15) is 5.10 Å². The van der Waals surface area contributed by atoms with Crippen LogP contribution in [0.4, 0.5) is 4.79 Å². The van der Waals surface area contributed by atoms with E-state index in [0.29, 0.717) is 6.54 Å². The van der Waals surface area contributed by atoms with Crippen molar-refractivity contribution in [1.29, 1.82) is 0 Å². The molecule has 50 valence electrons. The van der Waals surface area contributed by atoms with E-state index >= 15 is 0 Å². The molecule has 0 spiro atoms. The first-order chi connectivity index (χ1) is 4.33. The molecule has 0 aromatic rings. The molecule has 0 unspecified atom stereocenters. The lowest BCUT2D eigenvalue weighted by atomic mass is 10.3. The van der Waals surface area contributed by atoms with Gasteiger partial charge in [-0.15, -0.1) is 0 Å². The maximum absolute atomic E-state index is 10.4. The van der Waals surface area contributed by atoms with Gasteiger partial charge in [0.05, 0.1) is 12.3 Å². The zero-order valence-corrected chi connectivity index (χ0v) is 5.27. The molecule has 0 saturated heterocycles. The molecule has 0 radical (unpaired) electrons. The smallest absolute Gasteiger partial charge is 0.331 e. The normalized spacial score (nSPS) is 17.9. The first-order valence-electron chi connectivity index (χ1n) is 2.92. The highest BCUT2D eigenvalue weighted by Gasteiger charge is 2.06. The summed E-state index contributed by atoms with van der Waals surface area (Å²) in [6.07, 6.45) is 0.882. The molecule has 0 aliphatic carbocycles. The summed E-state index contributed by atoms with van der Waals surface area (Å²) >= 11 is 0. The van der Waals surface area contributed by atoms with Gasteiger partial charge in [0.2, 0.25) is 0 Å². The molecular formula is C5H9N3O. The van der Waals surface area contributed by atoms with E-state index < -0.39 is 0 Å². The van der Waals surface area contributed by atoms with Crippen LogP contribution in [0.1, 0.15) is 13.3 Å². The average Bonchev–Trinajstić information content (AvgIpc) is 1.90. The molecule has 0 aromatic carbocycles. The average molecular weight is 127 g/mol. The van der Waals surface area contributed by atoms with E-state index in [-0.39, 0.29) is 6.03 Å². The van der Waals surface area contributed by atoms with Gasteiger partial charge in [0.25, 0.3) is 0 Å². The third-order valence-electron chi connectivity index (χ3n) is 1.18.